The summed E-state index contributed by atoms with van der Waals surface area (Å²) in [5.74, 6) is -1.86. The molecule has 5 heteroatoms. The van der Waals surface area contributed by atoms with Crippen LogP contribution in [0.4, 0.5) is 4.39 Å². The highest BCUT2D eigenvalue weighted by Crippen LogP contribution is 2.12. The van der Waals surface area contributed by atoms with Crippen molar-refractivity contribution in [3.8, 4) is 0 Å². The highest BCUT2D eigenvalue weighted by atomic mass is 19.1. The van der Waals surface area contributed by atoms with E-state index in [0.717, 1.165) is 5.56 Å². The topological polar surface area (TPSA) is 55.4 Å². The lowest BCUT2D eigenvalue weighted by Gasteiger charge is -2.23. The zero-order chi connectivity index (χ0) is 13.9. The third kappa shape index (κ3) is 3.06. The van der Waals surface area contributed by atoms with Crippen molar-refractivity contribution in [2.45, 2.75) is 26.3 Å². The van der Waals surface area contributed by atoms with Crippen molar-refractivity contribution in [2.75, 3.05) is 7.11 Å². The van der Waals surface area contributed by atoms with Gasteiger partial charge in [0.05, 0.1) is 12.7 Å². The minimum absolute atomic E-state index is 0.0995. The molecule has 0 saturated heterocycles. The number of carbonyl (C=O) groups excluding carboxylic acids is 2. The van der Waals surface area contributed by atoms with Crippen molar-refractivity contribution in [3.63, 3.8) is 0 Å². The number of hydrogen-bond donors (Lipinski definition) is 1. The second kappa shape index (κ2) is 5.16. The van der Waals surface area contributed by atoms with E-state index in [9.17, 15) is 14.0 Å². The van der Waals surface area contributed by atoms with E-state index in [2.05, 4.69) is 10.1 Å². The summed E-state index contributed by atoms with van der Waals surface area (Å²) >= 11 is 0. The largest absolute Gasteiger partial charge is 0.467 e. The number of carbonyl (C=O) groups is 2. The van der Waals surface area contributed by atoms with Gasteiger partial charge in [-0.05, 0) is 38.5 Å². The van der Waals surface area contributed by atoms with Crippen molar-refractivity contribution in [1.29, 1.82) is 0 Å². The first kappa shape index (κ1) is 14.2. The maximum atomic E-state index is 13.6. The van der Waals surface area contributed by atoms with Crippen LogP contribution in [0.3, 0.4) is 0 Å². The van der Waals surface area contributed by atoms with Gasteiger partial charge in [-0.15, -0.1) is 0 Å². The van der Waals surface area contributed by atoms with Crippen molar-refractivity contribution in [3.05, 3.63) is 35.1 Å². The van der Waals surface area contributed by atoms with E-state index >= 15 is 0 Å². The zero-order valence-electron chi connectivity index (χ0n) is 10.8. The van der Waals surface area contributed by atoms with Crippen LogP contribution in [0, 0.1) is 12.7 Å². The normalized spacial score (nSPS) is 10.9. The van der Waals surface area contributed by atoms with Crippen molar-refractivity contribution < 1.29 is 18.7 Å². The van der Waals surface area contributed by atoms with E-state index in [1.54, 1.807) is 13.0 Å². The molecule has 0 spiro atoms. The fourth-order valence-corrected chi connectivity index (χ4v) is 1.46. The molecule has 0 unspecified atom stereocenters. The molecule has 1 aromatic rings. The minimum atomic E-state index is -1.21. The molecule has 98 valence electrons. The summed E-state index contributed by atoms with van der Waals surface area (Å²) in [6.45, 7) is 4.70. The molecule has 0 heterocycles. The highest BCUT2D eigenvalue weighted by molar-refractivity contribution is 5.98. The third-order valence-electron chi connectivity index (χ3n) is 2.49. The van der Waals surface area contributed by atoms with Gasteiger partial charge >= 0.3 is 5.97 Å². The number of benzene rings is 1. The summed E-state index contributed by atoms with van der Waals surface area (Å²) in [5.41, 5.74) is -0.586. The number of halogens is 1. The Morgan fingerprint density at radius 3 is 2.44 bits per heavy atom. The predicted octanol–water partition coefficient (Wildman–Crippen LogP) is 1.82. The Labute approximate surface area is 105 Å². The lowest BCUT2D eigenvalue weighted by atomic mass is 10.0. The Hall–Kier alpha value is -1.91. The Balaban J connectivity index is 2.92. The van der Waals surface area contributed by atoms with Gasteiger partial charge in [0, 0.05) is 0 Å². The molecule has 0 saturated carbocycles. The first-order valence-corrected chi connectivity index (χ1v) is 5.45. The lowest BCUT2D eigenvalue weighted by Crippen LogP contribution is -2.50. The predicted molar refractivity (Wildman–Crippen MR) is 64.7 cm³/mol. The molecule has 1 aromatic carbocycles. The molecule has 1 N–H and O–H groups in total. The van der Waals surface area contributed by atoms with Gasteiger partial charge in [-0.1, -0.05) is 6.07 Å². The highest BCUT2D eigenvalue weighted by Gasteiger charge is 2.31. The molecule has 0 bridgehead atoms. The SMILES string of the molecule is COC(=O)C(C)(C)NC(=O)c1ccc(C)cc1F. The van der Waals surface area contributed by atoms with Crippen LogP contribution in [0.5, 0.6) is 0 Å². The first-order valence-electron chi connectivity index (χ1n) is 5.45. The summed E-state index contributed by atoms with van der Waals surface area (Å²) in [4.78, 5) is 23.3. The van der Waals surface area contributed by atoms with Gasteiger partial charge in [0.2, 0.25) is 0 Å². The molecule has 0 aliphatic heterocycles. The number of aryl methyl sites for hydroxylation is 1. The molecular formula is C13H16FNO3. The Morgan fingerprint density at radius 1 is 1.33 bits per heavy atom. The van der Waals surface area contributed by atoms with E-state index in [4.69, 9.17) is 0 Å². The van der Waals surface area contributed by atoms with Crippen molar-refractivity contribution in [2.24, 2.45) is 0 Å². The van der Waals surface area contributed by atoms with Crippen LogP contribution in [-0.4, -0.2) is 24.5 Å². The maximum absolute atomic E-state index is 13.6. The number of rotatable bonds is 3. The van der Waals surface area contributed by atoms with E-state index in [1.807, 2.05) is 0 Å². The monoisotopic (exact) mass is 253 g/mol. The fourth-order valence-electron chi connectivity index (χ4n) is 1.46. The van der Waals surface area contributed by atoms with E-state index in [1.165, 1.54) is 33.1 Å². The van der Waals surface area contributed by atoms with Gasteiger partial charge in [0.25, 0.3) is 5.91 Å². The van der Waals surface area contributed by atoms with Crippen LogP contribution >= 0.6 is 0 Å². The number of amides is 1. The van der Waals surface area contributed by atoms with Gasteiger partial charge in [-0.2, -0.15) is 0 Å². The molecule has 1 amide bonds. The van der Waals surface area contributed by atoms with Gasteiger partial charge in [-0.3, -0.25) is 4.79 Å². The van der Waals surface area contributed by atoms with Gasteiger partial charge in [0.15, 0.2) is 0 Å². The fraction of sp³-hybridized carbons (Fsp3) is 0.385. The molecule has 0 fully saturated rings. The first-order chi connectivity index (χ1) is 8.27. The van der Waals surface area contributed by atoms with Crippen LogP contribution in [0.15, 0.2) is 18.2 Å². The molecule has 0 aliphatic rings. The Morgan fingerprint density at radius 2 is 1.94 bits per heavy atom. The molecule has 18 heavy (non-hydrogen) atoms. The second-order valence-electron chi connectivity index (χ2n) is 4.55. The number of nitrogens with one attached hydrogen (secondary N) is 1. The molecule has 0 radical (unpaired) electrons. The van der Waals surface area contributed by atoms with Gasteiger partial charge < -0.3 is 10.1 Å². The average molecular weight is 253 g/mol. The summed E-state index contributed by atoms with van der Waals surface area (Å²) in [6, 6.07) is 4.27. The lowest BCUT2D eigenvalue weighted by molar-refractivity contribution is -0.146. The summed E-state index contributed by atoms with van der Waals surface area (Å²) < 4.78 is 18.1. The minimum Gasteiger partial charge on any atom is -0.467 e. The number of methoxy groups -OCH3 is 1. The van der Waals surface area contributed by atoms with E-state index < -0.39 is 23.2 Å². The number of ether oxygens (including phenoxy) is 1. The summed E-state index contributed by atoms with van der Waals surface area (Å²) in [7, 11) is 1.22. The molecule has 4 nitrogen and oxygen atoms in total. The molecule has 0 atom stereocenters. The summed E-state index contributed by atoms with van der Waals surface area (Å²) in [6.07, 6.45) is 0. The van der Waals surface area contributed by atoms with Crippen molar-refractivity contribution >= 4 is 11.9 Å². The number of esters is 1. The second-order valence-corrected chi connectivity index (χ2v) is 4.55. The third-order valence-corrected chi connectivity index (χ3v) is 2.49. The Kier molecular flexibility index (Phi) is 4.06. The quantitative estimate of drug-likeness (QED) is 0.836. The summed E-state index contributed by atoms with van der Waals surface area (Å²) in [5, 5.41) is 2.43. The van der Waals surface area contributed by atoms with Gasteiger partial charge in [0.1, 0.15) is 11.4 Å². The van der Waals surface area contributed by atoms with Crippen LogP contribution in [-0.2, 0) is 9.53 Å². The number of hydrogen-bond acceptors (Lipinski definition) is 3. The van der Waals surface area contributed by atoms with Crippen molar-refractivity contribution in [1.82, 2.24) is 5.32 Å². The Bertz CT molecular complexity index is 483. The van der Waals surface area contributed by atoms with Gasteiger partial charge in [-0.25, -0.2) is 9.18 Å². The van der Waals surface area contributed by atoms with E-state index in [-0.39, 0.29) is 5.56 Å². The zero-order valence-corrected chi connectivity index (χ0v) is 10.8. The van der Waals surface area contributed by atoms with Crippen LogP contribution in [0.25, 0.3) is 0 Å². The van der Waals surface area contributed by atoms with Crippen LogP contribution in [0.1, 0.15) is 29.8 Å². The van der Waals surface area contributed by atoms with Crippen LogP contribution in [0.2, 0.25) is 0 Å². The standard InChI is InChI=1S/C13H16FNO3/c1-8-5-6-9(10(14)7-8)11(16)15-13(2,3)12(17)18-4/h5-7H,1-4H3,(H,15,16). The maximum Gasteiger partial charge on any atom is 0.330 e. The molecule has 0 aromatic heterocycles. The average Bonchev–Trinajstić information content (AvgIpc) is 2.26. The smallest absolute Gasteiger partial charge is 0.330 e. The molecule has 1 rings (SSSR count). The van der Waals surface area contributed by atoms with E-state index in [0.29, 0.717) is 0 Å². The molecular weight excluding hydrogens is 237 g/mol. The van der Waals surface area contributed by atoms with Crippen LogP contribution < -0.4 is 5.32 Å². The molecule has 0 aliphatic carbocycles.